The molecule has 0 radical (unpaired) electrons. The molecule has 5 nitrogen and oxygen atoms in total. The number of para-hydroxylation sites is 2. The third kappa shape index (κ3) is 4.58. The quantitative estimate of drug-likeness (QED) is 0.694. The highest BCUT2D eigenvalue weighted by molar-refractivity contribution is 5.85. The van der Waals surface area contributed by atoms with Gasteiger partial charge in [-0.3, -0.25) is 10.1 Å². The summed E-state index contributed by atoms with van der Waals surface area (Å²) in [5, 5.41) is 6.24. The highest BCUT2D eigenvalue weighted by atomic mass is 35.5. The van der Waals surface area contributed by atoms with Crippen LogP contribution in [0, 0.1) is 5.92 Å². The standard InChI is InChI=1S/C19H24N4O.2ClH/c24-19(17-6-3-11-20-17)21-12-13-7-9-14(10-8-13)18-22-15-4-1-2-5-16(15)23-18;;/h1-6,13-14,17,20H,7-12H2,(H,21,24)(H,22,23);2*1H. The van der Waals surface area contributed by atoms with Gasteiger partial charge in [0.15, 0.2) is 0 Å². The van der Waals surface area contributed by atoms with E-state index in [2.05, 4.69) is 27.8 Å². The van der Waals surface area contributed by atoms with Gasteiger partial charge in [0.05, 0.1) is 11.0 Å². The Hall–Kier alpha value is -1.56. The van der Waals surface area contributed by atoms with Crippen LogP contribution in [0.15, 0.2) is 36.4 Å². The van der Waals surface area contributed by atoms with Crippen molar-refractivity contribution in [2.75, 3.05) is 13.1 Å². The molecule has 0 spiro atoms. The van der Waals surface area contributed by atoms with E-state index in [9.17, 15) is 4.79 Å². The first-order valence-corrected chi connectivity index (χ1v) is 8.92. The fraction of sp³-hybridized carbons (Fsp3) is 0.474. The van der Waals surface area contributed by atoms with Gasteiger partial charge in [-0.2, -0.15) is 0 Å². The molecule has 0 saturated heterocycles. The first kappa shape index (κ1) is 20.7. The van der Waals surface area contributed by atoms with Gasteiger partial charge in [-0.05, 0) is 43.7 Å². The van der Waals surface area contributed by atoms with Gasteiger partial charge in [0.2, 0.25) is 5.91 Å². The number of H-pyrrole nitrogens is 1. The lowest BCUT2D eigenvalue weighted by Crippen LogP contribution is -2.42. The van der Waals surface area contributed by atoms with Gasteiger partial charge in [-0.15, -0.1) is 24.8 Å². The van der Waals surface area contributed by atoms with Gasteiger partial charge in [-0.1, -0.05) is 24.3 Å². The normalized spacial score (nSPS) is 24.7. The lowest BCUT2D eigenvalue weighted by atomic mass is 9.81. The number of amides is 1. The zero-order valence-corrected chi connectivity index (χ0v) is 16.2. The van der Waals surface area contributed by atoms with Crippen molar-refractivity contribution in [1.82, 2.24) is 20.6 Å². The predicted octanol–water partition coefficient (Wildman–Crippen LogP) is 3.32. The summed E-state index contributed by atoms with van der Waals surface area (Å²) >= 11 is 0. The molecule has 2 aliphatic rings. The Morgan fingerprint density at radius 1 is 1.15 bits per heavy atom. The van der Waals surface area contributed by atoms with Crippen LogP contribution in [0.25, 0.3) is 11.0 Å². The van der Waals surface area contributed by atoms with E-state index in [1.165, 1.54) is 0 Å². The van der Waals surface area contributed by atoms with Crippen LogP contribution < -0.4 is 10.6 Å². The maximum Gasteiger partial charge on any atom is 0.241 e. The molecule has 1 aromatic carbocycles. The number of aromatic amines is 1. The SMILES string of the molecule is Cl.Cl.O=C(NCC1CCC(c2nc3ccccc3[nH]2)CC1)C1C=CCN1. The maximum atomic E-state index is 12.0. The molecule has 1 saturated carbocycles. The Balaban J connectivity index is 0.00000121. The van der Waals surface area contributed by atoms with Crippen LogP contribution in [0.2, 0.25) is 0 Å². The van der Waals surface area contributed by atoms with Crippen molar-refractivity contribution in [2.24, 2.45) is 5.92 Å². The predicted molar refractivity (Wildman–Crippen MR) is 109 cm³/mol. The molecule has 0 bridgehead atoms. The van der Waals surface area contributed by atoms with Crippen LogP contribution in [-0.4, -0.2) is 35.0 Å². The molecule has 3 N–H and O–H groups in total. The number of hydrogen-bond donors (Lipinski definition) is 3. The Bertz CT molecular complexity index is 720. The summed E-state index contributed by atoms with van der Waals surface area (Å²) in [6, 6.07) is 8.07. The number of benzene rings is 1. The van der Waals surface area contributed by atoms with Crippen molar-refractivity contribution in [3.05, 3.63) is 42.2 Å². The number of rotatable bonds is 4. The molecule has 1 unspecified atom stereocenters. The van der Waals surface area contributed by atoms with E-state index in [1.807, 2.05) is 24.3 Å². The zero-order chi connectivity index (χ0) is 16.4. The van der Waals surface area contributed by atoms with E-state index in [-0.39, 0.29) is 36.8 Å². The second kappa shape index (κ2) is 9.40. The summed E-state index contributed by atoms with van der Waals surface area (Å²) in [6.45, 7) is 1.58. The number of aromatic nitrogens is 2. The van der Waals surface area contributed by atoms with E-state index in [0.717, 1.165) is 55.6 Å². The van der Waals surface area contributed by atoms with Gasteiger partial charge >= 0.3 is 0 Å². The van der Waals surface area contributed by atoms with Gasteiger partial charge in [0, 0.05) is 19.0 Å². The lowest BCUT2D eigenvalue weighted by Gasteiger charge is -2.27. The fourth-order valence-corrected chi connectivity index (χ4v) is 3.81. The van der Waals surface area contributed by atoms with Crippen LogP contribution in [0.4, 0.5) is 0 Å². The van der Waals surface area contributed by atoms with Crippen LogP contribution in [0.5, 0.6) is 0 Å². The van der Waals surface area contributed by atoms with Crippen molar-refractivity contribution in [1.29, 1.82) is 0 Å². The number of carbonyl (C=O) groups excluding carboxylic acids is 1. The number of nitrogens with one attached hydrogen (secondary N) is 3. The number of fused-ring (bicyclic) bond motifs is 1. The van der Waals surface area contributed by atoms with E-state index >= 15 is 0 Å². The second-order valence-corrected chi connectivity index (χ2v) is 6.92. The van der Waals surface area contributed by atoms with Gasteiger partial charge in [0.1, 0.15) is 11.9 Å². The Kier molecular flexibility index (Phi) is 7.50. The van der Waals surface area contributed by atoms with Crippen LogP contribution in [0.1, 0.15) is 37.4 Å². The minimum atomic E-state index is -0.142. The van der Waals surface area contributed by atoms with E-state index in [1.54, 1.807) is 0 Å². The molecule has 2 heterocycles. The molecule has 1 aliphatic carbocycles. The highest BCUT2D eigenvalue weighted by Gasteiger charge is 2.25. The average molecular weight is 397 g/mol. The summed E-state index contributed by atoms with van der Waals surface area (Å²) < 4.78 is 0. The second-order valence-electron chi connectivity index (χ2n) is 6.92. The largest absolute Gasteiger partial charge is 0.354 e. The molecule has 4 rings (SSSR count). The van der Waals surface area contributed by atoms with Crippen LogP contribution in [-0.2, 0) is 4.79 Å². The van der Waals surface area contributed by atoms with Crippen LogP contribution >= 0.6 is 24.8 Å². The van der Waals surface area contributed by atoms with Crippen LogP contribution in [0.3, 0.4) is 0 Å². The third-order valence-corrected chi connectivity index (χ3v) is 5.27. The molecular formula is C19H26Cl2N4O. The van der Waals surface area contributed by atoms with E-state index in [0.29, 0.717) is 11.8 Å². The summed E-state index contributed by atoms with van der Waals surface area (Å²) in [6.07, 6.45) is 8.52. The van der Waals surface area contributed by atoms with E-state index in [4.69, 9.17) is 4.98 Å². The van der Waals surface area contributed by atoms with Crippen molar-refractivity contribution in [2.45, 2.75) is 37.6 Å². The number of nitrogens with zero attached hydrogens (tertiary/aromatic N) is 1. The van der Waals surface area contributed by atoms with Crippen molar-refractivity contribution < 1.29 is 4.79 Å². The molecule has 2 aromatic rings. The molecule has 1 atom stereocenters. The van der Waals surface area contributed by atoms with Crippen molar-refractivity contribution in [3.8, 4) is 0 Å². The maximum absolute atomic E-state index is 12.0. The van der Waals surface area contributed by atoms with Gasteiger partial charge in [0.25, 0.3) is 0 Å². The van der Waals surface area contributed by atoms with Crippen molar-refractivity contribution in [3.63, 3.8) is 0 Å². The first-order chi connectivity index (χ1) is 11.8. The Morgan fingerprint density at radius 3 is 2.62 bits per heavy atom. The van der Waals surface area contributed by atoms with E-state index < -0.39 is 0 Å². The number of halogens is 2. The lowest BCUT2D eigenvalue weighted by molar-refractivity contribution is -0.122. The summed E-state index contributed by atoms with van der Waals surface area (Å²) in [5.41, 5.74) is 2.18. The smallest absolute Gasteiger partial charge is 0.241 e. The molecule has 26 heavy (non-hydrogen) atoms. The minimum absolute atomic E-state index is 0. The molecule has 1 aromatic heterocycles. The molecule has 7 heteroatoms. The first-order valence-electron chi connectivity index (χ1n) is 8.92. The zero-order valence-electron chi connectivity index (χ0n) is 14.6. The van der Waals surface area contributed by atoms with Gasteiger partial charge < -0.3 is 10.3 Å². The summed E-state index contributed by atoms with van der Waals surface area (Å²) in [5.74, 6) is 2.32. The number of imidazole rings is 1. The monoisotopic (exact) mass is 396 g/mol. The molecule has 1 aliphatic heterocycles. The third-order valence-electron chi connectivity index (χ3n) is 5.27. The minimum Gasteiger partial charge on any atom is -0.354 e. The molecular weight excluding hydrogens is 371 g/mol. The topological polar surface area (TPSA) is 69.8 Å². The Morgan fingerprint density at radius 2 is 1.92 bits per heavy atom. The summed E-state index contributed by atoms with van der Waals surface area (Å²) in [4.78, 5) is 20.3. The van der Waals surface area contributed by atoms with Crippen molar-refractivity contribution >= 4 is 41.8 Å². The van der Waals surface area contributed by atoms with Gasteiger partial charge in [-0.25, -0.2) is 4.98 Å². The average Bonchev–Trinajstić information content (AvgIpc) is 3.29. The molecule has 1 amide bonds. The highest BCUT2D eigenvalue weighted by Crippen LogP contribution is 2.34. The number of hydrogen-bond acceptors (Lipinski definition) is 3. The fourth-order valence-electron chi connectivity index (χ4n) is 3.81. The summed E-state index contributed by atoms with van der Waals surface area (Å²) in [7, 11) is 0. The number of carbonyl (C=O) groups is 1. The Labute approximate surface area is 166 Å². The molecule has 1 fully saturated rings. The molecule has 142 valence electrons.